The van der Waals surface area contributed by atoms with Crippen LogP contribution in [0.1, 0.15) is 64.2 Å². The van der Waals surface area contributed by atoms with Gasteiger partial charge in [-0.3, -0.25) is 8.97 Å². The Labute approximate surface area is 149 Å². The molecule has 2 aliphatic rings. The molecule has 0 aliphatic carbocycles. The SMILES string of the molecule is C=C[N+]1(C)CCCCC1CCC(O)CCC1CCCC[N+]1(C)C=C. The molecule has 2 saturated heterocycles. The molecule has 4 atom stereocenters. The smallest absolute Gasteiger partial charge is 0.0931 e. The van der Waals surface area contributed by atoms with Gasteiger partial charge in [0.05, 0.1) is 57.8 Å². The Bertz CT molecular complexity index is 386. The summed E-state index contributed by atoms with van der Waals surface area (Å²) in [5.41, 5.74) is 0. The largest absolute Gasteiger partial charge is 0.393 e. The highest BCUT2D eigenvalue weighted by Crippen LogP contribution is 2.30. The Morgan fingerprint density at radius 3 is 1.67 bits per heavy atom. The van der Waals surface area contributed by atoms with Gasteiger partial charge in [0, 0.05) is 25.7 Å². The molecule has 0 aromatic heterocycles. The fraction of sp³-hybridized carbons (Fsp3) is 0.810. The summed E-state index contributed by atoms with van der Waals surface area (Å²) < 4.78 is 1.97. The van der Waals surface area contributed by atoms with Crippen molar-refractivity contribution in [2.75, 3.05) is 27.2 Å². The van der Waals surface area contributed by atoms with E-state index in [9.17, 15) is 5.11 Å². The lowest BCUT2D eigenvalue weighted by Gasteiger charge is -2.42. The molecule has 1 N–H and O–H groups in total. The van der Waals surface area contributed by atoms with Crippen LogP contribution in [-0.2, 0) is 0 Å². The van der Waals surface area contributed by atoms with E-state index in [-0.39, 0.29) is 6.10 Å². The molecule has 4 unspecified atom stereocenters. The molecule has 0 aromatic carbocycles. The maximum absolute atomic E-state index is 10.5. The first-order chi connectivity index (χ1) is 11.4. The first kappa shape index (κ1) is 19.7. The highest BCUT2D eigenvalue weighted by atomic mass is 16.3. The summed E-state index contributed by atoms with van der Waals surface area (Å²) in [6.45, 7) is 10.5. The van der Waals surface area contributed by atoms with E-state index in [2.05, 4.69) is 39.7 Å². The number of aliphatic hydroxyl groups is 1. The van der Waals surface area contributed by atoms with Crippen LogP contribution in [0.5, 0.6) is 0 Å². The fourth-order valence-corrected chi connectivity index (χ4v) is 4.89. The van der Waals surface area contributed by atoms with E-state index in [1.165, 1.54) is 51.6 Å². The highest BCUT2D eigenvalue weighted by molar-refractivity contribution is 4.75. The van der Waals surface area contributed by atoms with Gasteiger partial charge >= 0.3 is 0 Å². The third kappa shape index (κ3) is 4.71. The topological polar surface area (TPSA) is 20.2 Å². The normalized spacial score (nSPS) is 38.5. The van der Waals surface area contributed by atoms with Crippen molar-refractivity contribution in [3.8, 4) is 0 Å². The minimum absolute atomic E-state index is 0.148. The van der Waals surface area contributed by atoms with Gasteiger partial charge in [-0.05, 0) is 51.7 Å². The Hall–Kier alpha value is -0.640. The summed E-state index contributed by atoms with van der Waals surface area (Å²) in [6.07, 6.45) is 16.1. The van der Waals surface area contributed by atoms with Gasteiger partial charge < -0.3 is 5.11 Å². The van der Waals surface area contributed by atoms with Gasteiger partial charge in [0.25, 0.3) is 0 Å². The van der Waals surface area contributed by atoms with Crippen molar-refractivity contribution in [1.82, 2.24) is 0 Å². The lowest BCUT2D eigenvalue weighted by molar-refractivity contribution is -0.891. The van der Waals surface area contributed by atoms with Crippen LogP contribution in [0.3, 0.4) is 0 Å². The minimum Gasteiger partial charge on any atom is -0.393 e. The number of hydrogen-bond donors (Lipinski definition) is 1. The molecule has 3 nitrogen and oxygen atoms in total. The molecule has 0 amide bonds. The zero-order chi connectivity index (χ0) is 17.6. The first-order valence-corrected chi connectivity index (χ1v) is 10.1. The summed E-state index contributed by atoms with van der Waals surface area (Å²) in [7, 11) is 4.61. The predicted octanol–water partition coefficient (Wildman–Crippen LogP) is 4.19. The minimum atomic E-state index is -0.148. The Balaban J connectivity index is 1.77. The number of rotatable bonds is 8. The Morgan fingerprint density at radius 2 is 1.29 bits per heavy atom. The zero-order valence-electron chi connectivity index (χ0n) is 16.1. The average molecular weight is 337 g/mol. The summed E-state index contributed by atoms with van der Waals surface area (Å²) in [5, 5.41) is 10.5. The molecule has 24 heavy (non-hydrogen) atoms. The predicted molar refractivity (Wildman–Crippen MR) is 102 cm³/mol. The van der Waals surface area contributed by atoms with Crippen molar-refractivity contribution < 1.29 is 14.1 Å². The van der Waals surface area contributed by atoms with Gasteiger partial charge in [0.1, 0.15) is 0 Å². The van der Waals surface area contributed by atoms with Crippen LogP contribution >= 0.6 is 0 Å². The van der Waals surface area contributed by atoms with E-state index < -0.39 is 0 Å². The van der Waals surface area contributed by atoms with Gasteiger partial charge in [0.2, 0.25) is 0 Å². The van der Waals surface area contributed by atoms with Crippen molar-refractivity contribution in [2.24, 2.45) is 0 Å². The summed E-state index contributed by atoms with van der Waals surface area (Å²) in [6, 6.07) is 1.30. The summed E-state index contributed by atoms with van der Waals surface area (Å²) in [4.78, 5) is 0. The highest BCUT2D eigenvalue weighted by Gasteiger charge is 2.35. The Morgan fingerprint density at radius 1 is 0.875 bits per heavy atom. The number of likely N-dealkylation sites (tertiary alicyclic amines) is 2. The molecule has 0 radical (unpaired) electrons. The molecular weight excluding hydrogens is 296 g/mol. The molecule has 2 heterocycles. The second-order valence-electron chi connectivity index (χ2n) is 8.61. The van der Waals surface area contributed by atoms with Crippen molar-refractivity contribution >= 4 is 0 Å². The van der Waals surface area contributed by atoms with E-state index >= 15 is 0 Å². The molecule has 0 spiro atoms. The van der Waals surface area contributed by atoms with Crippen LogP contribution in [0.15, 0.2) is 25.6 Å². The number of piperidine rings is 2. The molecule has 0 aromatic rings. The van der Waals surface area contributed by atoms with E-state index in [0.29, 0.717) is 12.1 Å². The molecule has 0 bridgehead atoms. The third-order valence-corrected chi connectivity index (χ3v) is 7.02. The lowest BCUT2D eigenvalue weighted by atomic mass is 9.91. The number of nitrogens with zero attached hydrogens (tertiary/aromatic N) is 2. The summed E-state index contributed by atoms with van der Waals surface area (Å²) in [5.74, 6) is 0. The second-order valence-corrected chi connectivity index (χ2v) is 8.61. The van der Waals surface area contributed by atoms with E-state index in [1.807, 2.05) is 0 Å². The van der Waals surface area contributed by atoms with Gasteiger partial charge in [0.15, 0.2) is 0 Å². The first-order valence-electron chi connectivity index (χ1n) is 10.1. The standard InChI is InChI=1S/C21H40N2O/c1-5-22(3)17-9-7-11-19(22)13-15-21(24)16-14-20-12-8-10-18-23(20,4)6-2/h5-6,19-21,24H,1-2,7-18H2,3-4H3/q+2. The molecule has 2 fully saturated rings. The number of hydrogen-bond acceptors (Lipinski definition) is 1. The molecule has 138 valence electrons. The van der Waals surface area contributed by atoms with Crippen LogP contribution in [0, 0.1) is 0 Å². The van der Waals surface area contributed by atoms with E-state index in [0.717, 1.165) is 34.6 Å². The van der Waals surface area contributed by atoms with Crippen molar-refractivity contribution in [3.63, 3.8) is 0 Å². The van der Waals surface area contributed by atoms with Crippen LogP contribution in [-0.4, -0.2) is 59.4 Å². The maximum Gasteiger partial charge on any atom is 0.0931 e. The van der Waals surface area contributed by atoms with Crippen molar-refractivity contribution in [3.05, 3.63) is 25.6 Å². The van der Waals surface area contributed by atoms with Crippen molar-refractivity contribution in [1.29, 1.82) is 0 Å². The number of quaternary nitrogens is 2. The van der Waals surface area contributed by atoms with Crippen molar-refractivity contribution in [2.45, 2.75) is 82.4 Å². The molecule has 0 saturated carbocycles. The van der Waals surface area contributed by atoms with E-state index in [1.54, 1.807) is 0 Å². The summed E-state index contributed by atoms with van der Waals surface area (Å²) >= 11 is 0. The second kappa shape index (κ2) is 8.64. The van der Waals surface area contributed by atoms with Crippen LogP contribution in [0.2, 0.25) is 0 Å². The monoisotopic (exact) mass is 336 g/mol. The van der Waals surface area contributed by atoms with Crippen LogP contribution < -0.4 is 0 Å². The average Bonchev–Trinajstić information content (AvgIpc) is 2.60. The maximum atomic E-state index is 10.5. The molecule has 3 heteroatoms. The molecule has 2 rings (SSSR count). The Kier molecular flexibility index (Phi) is 7.09. The number of aliphatic hydroxyl groups excluding tert-OH is 1. The van der Waals surface area contributed by atoms with Crippen LogP contribution in [0.4, 0.5) is 0 Å². The van der Waals surface area contributed by atoms with Gasteiger partial charge in [-0.1, -0.05) is 0 Å². The quantitative estimate of drug-likeness (QED) is 0.659. The fourth-order valence-electron chi connectivity index (χ4n) is 4.89. The van der Waals surface area contributed by atoms with Crippen LogP contribution in [0.25, 0.3) is 0 Å². The van der Waals surface area contributed by atoms with Gasteiger partial charge in [-0.15, -0.1) is 0 Å². The third-order valence-electron chi connectivity index (χ3n) is 7.02. The van der Waals surface area contributed by atoms with E-state index in [4.69, 9.17) is 0 Å². The lowest BCUT2D eigenvalue weighted by Crippen LogP contribution is -2.51. The molecule has 2 aliphatic heterocycles. The molecular formula is C21H40N2O+2. The zero-order valence-corrected chi connectivity index (χ0v) is 16.1. The van der Waals surface area contributed by atoms with Gasteiger partial charge in [-0.2, -0.15) is 0 Å². The van der Waals surface area contributed by atoms with Gasteiger partial charge in [-0.25, -0.2) is 0 Å².